The molecule has 5 fully saturated rings. The molecule has 0 bridgehead atoms. The van der Waals surface area contributed by atoms with Gasteiger partial charge >= 0.3 is 81.2 Å². The Hall–Kier alpha value is -3.29. The van der Waals surface area contributed by atoms with Crippen molar-refractivity contribution in [2.45, 2.75) is 243 Å². The molecule has 0 aromatic heterocycles. The molecule has 5 aliphatic carbocycles. The number of nitriles is 3. The van der Waals surface area contributed by atoms with Crippen LogP contribution < -0.4 is 51.4 Å². The van der Waals surface area contributed by atoms with Gasteiger partial charge in [0.25, 0.3) is 0 Å². The molecule has 0 aliphatic heterocycles. The average Bonchev–Trinajstić information content (AvgIpc) is 3.34. The number of allylic oxidation sites excluding steroid dienone is 1. The fraction of sp³-hybridized carbons (Fsp3) is 0.807. The van der Waals surface area contributed by atoms with Gasteiger partial charge in [0.05, 0.1) is 51.6 Å². The summed E-state index contributed by atoms with van der Waals surface area (Å²) in [4.78, 5) is 64.7. The Bertz CT molecular complexity index is 1700. The molecule has 436 valence electrons. The van der Waals surface area contributed by atoms with Gasteiger partial charge in [-0.1, -0.05) is 114 Å². The predicted octanol–water partition coefficient (Wildman–Crippen LogP) is 8.52. The second kappa shape index (κ2) is 52.4. The van der Waals surface area contributed by atoms with Crippen molar-refractivity contribution in [2.75, 3.05) is 33.0 Å². The zero-order valence-electron chi connectivity index (χ0n) is 45.5. The number of ether oxygens (including phenoxy) is 3. The molecule has 2 atom stereocenters. The number of Topliss-reactive ketones (excluding diaryl/α,β-unsaturated/α-hetero) is 1. The van der Waals surface area contributed by atoms with Crippen molar-refractivity contribution in [1.82, 2.24) is 0 Å². The summed E-state index contributed by atoms with van der Waals surface area (Å²) in [6.07, 6.45) is 25.6. The van der Waals surface area contributed by atoms with E-state index in [1.807, 2.05) is 19.9 Å². The molecular weight excluding hydrogens is 1010 g/mol. The predicted molar refractivity (Wildman–Crippen MR) is 289 cm³/mol. The number of carboxylic acids is 2. The SMILES string of the molecule is C.C.C.CC1(C(O)C(=O)O)CCCCC1.CC1(CC(=O)O)CCCCC1.CCOC(=O)C(C#N)=C1CCCCC1.CCOC(=O)C(C#N)C1(C)CCCCC1.CCOC(=O)CC#N.O=C1CCCCC1.OCCO.[K+].[OH-]. The van der Waals surface area contributed by atoms with Gasteiger partial charge in [-0.15, -0.1) is 0 Å². The fourth-order valence-corrected chi connectivity index (χ4v) is 9.17. The smallest absolute Gasteiger partial charge is 0.870 e. The van der Waals surface area contributed by atoms with Gasteiger partial charge in [0.15, 0.2) is 6.10 Å². The number of rotatable bonds is 12. The third-order valence-corrected chi connectivity index (χ3v) is 13.3. The summed E-state index contributed by atoms with van der Waals surface area (Å²) >= 11 is 0. The third-order valence-electron chi connectivity index (χ3n) is 13.3. The minimum atomic E-state index is -1.18. The van der Waals surface area contributed by atoms with E-state index >= 15 is 0 Å². The Balaban J connectivity index is -0.000000148. The molecule has 0 amide bonds. The van der Waals surface area contributed by atoms with Gasteiger partial charge in [-0.2, -0.15) is 15.8 Å². The maximum atomic E-state index is 11.6. The second-order valence-electron chi connectivity index (χ2n) is 19.5. The molecule has 0 aromatic rings. The van der Waals surface area contributed by atoms with Crippen LogP contribution in [0.3, 0.4) is 0 Å². The van der Waals surface area contributed by atoms with Crippen molar-refractivity contribution in [3.8, 4) is 18.2 Å². The molecule has 2 unspecified atom stereocenters. The van der Waals surface area contributed by atoms with Crippen LogP contribution in [0.4, 0.5) is 0 Å². The molecule has 19 heteroatoms. The van der Waals surface area contributed by atoms with Gasteiger partial charge in [-0.05, 0) is 114 Å². The number of carbonyl (C=O) groups excluding carboxylic acids is 4. The maximum absolute atomic E-state index is 11.6. The number of carboxylic acid groups (broad SMARTS) is 2. The number of aliphatic hydroxyl groups excluding tert-OH is 3. The molecule has 0 saturated heterocycles. The van der Waals surface area contributed by atoms with Crippen LogP contribution in [0.5, 0.6) is 0 Å². The summed E-state index contributed by atoms with van der Waals surface area (Å²) in [5, 5.41) is 67.8. The molecule has 5 saturated carbocycles. The van der Waals surface area contributed by atoms with E-state index in [0.29, 0.717) is 32.0 Å². The van der Waals surface area contributed by atoms with Crippen molar-refractivity contribution in [3.05, 3.63) is 11.1 Å². The summed E-state index contributed by atoms with van der Waals surface area (Å²) in [5.74, 6) is -3.09. The summed E-state index contributed by atoms with van der Waals surface area (Å²) in [7, 11) is 0. The molecule has 5 rings (SSSR count). The van der Waals surface area contributed by atoms with E-state index in [-0.39, 0.29) is 127 Å². The second-order valence-corrected chi connectivity index (χ2v) is 19.5. The molecule has 18 nitrogen and oxygen atoms in total. The van der Waals surface area contributed by atoms with Gasteiger partial charge in [0, 0.05) is 18.3 Å². The molecular formula is C57H102KN3O15. The Morgan fingerprint density at radius 3 is 1.33 bits per heavy atom. The number of carbonyl (C=O) groups is 6. The first-order valence-electron chi connectivity index (χ1n) is 26.0. The normalized spacial score (nSPS) is 17.7. The Morgan fingerprint density at radius 2 is 1.00 bits per heavy atom. The van der Waals surface area contributed by atoms with E-state index in [1.165, 1.54) is 44.9 Å². The summed E-state index contributed by atoms with van der Waals surface area (Å²) < 4.78 is 14.2. The van der Waals surface area contributed by atoms with E-state index < -0.39 is 35.9 Å². The van der Waals surface area contributed by atoms with Gasteiger partial charge in [0.2, 0.25) is 0 Å². The van der Waals surface area contributed by atoms with Crippen LogP contribution in [-0.2, 0) is 43.0 Å². The van der Waals surface area contributed by atoms with Crippen molar-refractivity contribution in [1.29, 1.82) is 15.8 Å². The van der Waals surface area contributed by atoms with Crippen molar-refractivity contribution in [3.63, 3.8) is 0 Å². The quantitative estimate of drug-likeness (QED) is 0.0402. The molecule has 0 heterocycles. The number of hydrogen-bond acceptors (Lipinski definition) is 16. The minimum absolute atomic E-state index is 0. The number of hydrogen-bond donors (Lipinski definition) is 5. The number of aliphatic carboxylic acids is 2. The van der Waals surface area contributed by atoms with Gasteiger partial charge < -0.3 is 45.2 Å². The Labute approximate surface area is 500 Å². The van der Waals surface area contributed by atoms with Gasteiger partial charge in [-0.3, -0.25) is 19.2 Å². The summed E-state index contributed by atoms with van der Waals surface area (Å²) in [6.45, 7) is 12.0. The molecule has 76 heavy (non-hydrogen) atoms. The maximum Gasteiger partial charge on any atom is 1.00 e. The van der Waals surface area contributed by atoms with Gasteiger partial charge in [0.1, 0.15) is 29.8 Å². The van der Waals surface area contributed by atoms with Crippen LogP contribution in [0.1, 0.15) is 237 Å². The summed E-state index contributed by atoms with van der Waals surface area (Å²) in [6, 6.07) is 5.76. The number of ketones is 1. The molecule has 0 aromatic carbocycles. The average molecular weight is 1110 g/mol. The van der Waals surface area contributed by atoms with E-state index in [0.717, 1.165) is 121 Å². The Kier molecular flexibility index (Phi) is 59.7. The fourth-order valence-electron chi connectivity index (χ4n) is 9.17. The number of nitrogens with zero attached hydrogens (tertiary/aromatic N) is 3. The zero-order chi connectivity index (χ0) is 54.1. The number of aliphatic hydroxyl groups is 3. The van der Waals surface area contributed by atoms with Crippen LogP contribution in [0, 0.1) is 56.2 Å². The van der Waals surface area contributed by atoms with Crippen LogP contribution in [-0.4, -0.2) is 106 Å². The first-order chi connectivity index (χ1) is 33.7. The Morgan fingerprint density at radius 1 is 0.605 bits per heavy atom. The number of esters is 3. The molecule has 6 N–H and O–H groups in total. The molecule has 0 radical (unpaired) electrons. The topological polar surface area (TPSA) is 333 Å². The summed E-state index contributed by atoms with van der Waals surface area (Å²) in [5.41, 5.74) is 0.775. The monoisotopic (exact) mass is 1110 g/mol. The van der Waals surface area contributed by atoms with Crippen LogP contribution in [0.2, 0.25) is 0 Å². The van der Waals surface area contributed by atoms with Crippen molar-refractivity contribution < 1.29 is 125 Å². The standard InChI is InChI=1S/C12H19NO2.C11H15NO2.C9H16O3.C9H16O2.C6H10O.C5H7NO2.C2H6O2.3CH4.K.H2O/c1-3-15-11(14)10(9-13)12(2)7-5-4-6-8-12;1-2-14-11(13)10(8-12)9-6-4-3-5-7-9;1-9(7(10)8(11)12)5-3-2-4-6-9;1-9(7-8(10)11)5-3-2-4-6-9;7-6-4-2-1-3-5-6;1-2-8-5(7)3-4-6;3-1-2-4;;;;;/h10H,3-8H2,1-2H3;2-7H2,1H3;7,10H,2-6H2,1H3,(H,11,12);2-7H2,1H3,(H,10,11);1-5H2;2-3H2,1H3;3-4H,1-2H2;3*1H4;;1H2/q;;;;;;;;;;+1;/p-1. The minimum Gasteiger partial charge on any atom is -0.870 e. The van der Waals surface area contributed by atoms with Crippen molar-refractivity contribution >= 4 is 35.6 Å². The van der Waals surface area contributed by atoms with E-state index in [4.69, 9.17) is 45.7 Å². The van der Waals surface area contributed by atoms with Gasteiger partial charge in [-0.25, -0.2) is 9.59 Å². The van der Waals surface area contributed by atoms with Crippen LogP contribution in [0.15, 0.2) is 11.1 Å². The van der Waals surface area contributed by atoms with Crippen LogP contribution in [0.25, 0.3) is 0 Å². The van der Waals surface area contributed by atoms with Crippen molar-refractivity contribution in [2.24, 2.45) is 22.2 Å². The zero-order valence-corrected chi connectivity index (χ0v) is 48.6. The molecule has 0 spiro atoms. The first kappa shape index (κ1) is 86.6. The molecule has 5 aliphatic rings. The van der Waals surface area contributed by atoms with E-state index in [2.05, 4.69) is 17.7 Å². The van der Waals surface area contributed by atoms with Crippen LogP contribution >= 0.6 is 0 Å². The third kappa shape index (κ3) is 40.0. The van der Waals surface area contributed by atoms with E-state index in [9.17, 15) is 33.9 Å². The first-order valence-corrected chi connectivity index (χ1v) is 26.0. The van der Waals surface area contributed by atoms with E-state index in [1.54, 1.807) is 26.8 Å². The largest absolute Gasteiger partial charge is 1.00 e.